The molecule has 0 spiro atoms. The van der Waals surface area contributed by atoms with E-state index >= 15 is 0 Å². The van der Waals surface area contributed by atoms with Gasteiger partial charge in [-0.25, -0.2) is 8.42 Å². The molecular weight excluding hydrogens is 346 g/mol. The molecule has 7 heteroatoms. The lowest BCUT2D eigenvalue weighted by atomic mass is 9.93. The number of rotatable bonds is 6. The van der Waals surface area contributed by atoms with Gasteiger partial charge in [0.1, 0.15) is 5.76 Å². The Hall–Kier alpha value is -0.950. The Labute approximate surface area is 148 Å². The summed E-state index contributed by atoms with van der Waals surface area (Å²) in [6.45, 7) is 0. The van der Waals surface area contributed by atoms with Crippen molar-refractivity contribution < 1.29 is 17.6 Å². The molecule has 1 amide bonds. The van der Waals surface area contributed by atoms with Crippen molar-refractivity contribution >= 4 is 27.5 Å². The van der Waals surface area contributed by atoms with Gasteiger partial charge in [0.15, 0.2) is 9.84 Å². The summed E-state index contributed by atoms with van der Waals surface area (Å²) >= 11 is 1.54. The fourth-order valence-corrected chi connectivity index (χ4v) is 6.27. The van der Waals surface area contributed by atoms with Crippen molar-refractivity contribution in [3.63, 3.8) is 0 Å². The minimum atomic E-state index is -2.98. The van der Waals surface area contributed by atoms with E-state index in [0.717, 1.165) is 31.4 Å². The molecule has 1 saturated heterocycles. The molecule has 1 aliphatic heterocycles. The summed E-state index contributed by atoms with van der Waals surface area (Å²) in [4.78, 5) is 14.8. The van der Waals surface area contributed by atoms with Crippen molar-refractivity contribution in [2.45, 2.75) is 56.4 Å². The molecule has 1 saturated carbocycles. The zero-order valence-electron chi connectivity index (χ0n) is 13.9. The largest absolute Gasteiger partial charge is 0.468 e. The molecule has 2 aliphatic rings. The first kappa shape index (κ1) is 17.9. The van der Waals surface area contributed by atoms with Crippen LogP contribution in [0.15, 0.2) is 22.8 Å². The van der Waals surface area contributed by atoms with Crippen molar-refractivity contribution in [3.05, 3.63) is 24.2 Å². The van der Waals surface area contributed by atoms with E-state index in [2.05, 4.69) is 0 Å². The zero-order chi connectivity index (χ0) is 17.0. The van der Waals surface area contributed by atoms with Gasteiger partial charge in [0.25, 0.3) is 0 Å². The van der Waals surface area contributed by atoms with Crippen LogP contribution in [0.5, 0.6) is 0 Å². The average molecular weight is 372 g/mol. The van der Waals surface area contributed by atoms with E-state index in [-0.39, 0.29) is 29.5 Å². The highest BCUT2D eigenvalue weighted by molar-refractivity contribution is 7.99. The summed E-state index contributed by atoms with van der Waals surface area (Å²) in [6.07, 6.45) is 7.72. The van der Waals surface area contributed by atoms with E-state index in [1.807, 2.05) is 17.0 Å². The number of sulfone groups is 1. The van der Waals surface area contributed by atoms with Crippen molar-refractivity contribution in [1.82, 2.24) is 4.90 Å². The fraction of sp³-hybridized carbons (Fsp3) is 0.706. The summed E-state index contributed by atoms with van der Waals surface area (Å²) in [6, 6.07) is 3.83. The van der Waals surface area contributed by atoms with Gasteiger partial charge >= 0.3 is 0 Å². The van der Waals surface area contributed by atoms with Crippen molar-refractivity contribution in [2.75, 3.05) is 17.3 Å². The van der Waals surface area contributed by atoms with E-state index in [1.54, 1.807) is 6.26 Å². The molecule has 2 heterocycles. The van der Waals surface area contributed by atoms with Gasteiger partial charge in [0.05, 0.1) is 29.3 Å². The Morgan fingerprint density at radius 1 is 1.21 bits per heavy atom. The maximum Gasteiger partial charge on any atom is 0.233 e. The second kappa shape index (κ2) is 7.95. The summed E-state index contributed by atoms with van der Waals surface area (Å²) in [5, 5.41) is 0. The second-order valence-electron chi connectivity index (χ2n) is 6.72. The Bertz CT molecular complexity index is 636. The number of thioether (sulfide) groups is 1. The number of amides is 1. The third-order valence-electron chi connectivity index (χ3n) is 4.91. The topological polar surface area (TPSA) is 67.6 Å². The molecule has 1 atom stereocenters. The normalized spacial score (nSPS) is 24.1. The Kier molecular flexibility index (Phi) is 5.92. The molecule has 24 heavy (non-hydrogen) atoms. The highest BCUT2D eigenvalue weighted by Crippen LogP contribution is 2.29. The number of hydrogen-bond acceptors (Lipinski definition) is 5. The highest BCUT2D eigenvalue weighted by Gasteiger charge is 2.38. The number of hydrogen-bond donors (Lipinski definition) is 0. The van der Waals surface area contributed by atoms with Crippen LogP contribution in [-0.2, 0) is 20.4 Å². The summed E-state index contributed by atoms with van der Waals surface area (Å²) in [5.41, 5.74) is 0. The van der Waals surface area contributed by atoms with Gasteiger partial charge in [-0.2, -0.15) is 0 Å². The molecule has 1 unspecified atom stereocenters. The molecule has 1 aromatic heterocycles. The SMILES string of the molecule is O=C(CSCc1ccco1)N(C1CCCCC1)C1CCS(=O)(=O)C1. The van der Waals surface area contributed by atoms with Crippen LogP contribution in [0.3, 0.4) is 0 Å². The van der Waals surface area contributed by atoms with Crippen LogP contribution in [0, 0.1) is 0 Å². The van der Waals surface area contributed by atoms with E-state index in [1.165, 1.54) is 18.2 Å². The molecule has 134 valence electrons. The summed E-state index contributed by atoms with van der Waals surface area (Å²) in [7, 11) is -2.98. The van der Waals surface area contributed by atoms with Gasteiger partial charge in [-0.05, 0) is 31.4 Å². The van der Waals surface area contributed by atoms with Crippen LogP contribution < -0.4 is 0 Å². The monoisotopic (exact) mass is 371 g/mol. The van der Waals surface area contributed by atoms with Gasteiger partial charge in [-0.3, -0.25) is 4.79 Å². The highest BCUT2D eigenvalue weighted by atomic mass is 32.2. The number of carbonyl (C=O) groups is 1. The van der Waals surface area contributed by atoms with Crippen LogP contribution in [-0.4, -0.2) is 48.6 Å². The second-order valence-corrected chi connectivity index (χ2v) is 9.94. The molecule has 0 aromatic carbocycles. The van der Waals surface area contributed by atoms with Crippen LogP contribution in [0.4, 0.5) is 0 Å². The number of carbonyl (C=O) groups excluding carboxylic acids is 1. The molecule has 5 nitrogen and oxygen atoms in total. The van der Waals surface area contributed by atoms with Gasteiger partial charge in [0, 0.05) is 12.1 Å². The minimum absolute atomic E-state index is 0.0838. The van der Waals surface area contributed by atoms with E-state index in [9.17, 15) is 13.2 Å². The fourth-order valence-electron chi connectivity index (χ4n) is 3.77. The van der Waals surface area contributed by atoms with E-state index in [4.69, 9.17) is 4.42 Å². The molecular formula is C17H25NO4S2. The Morgan fingerprint density at radius 2 is 2.00 bits per heavy atom. The first-order chi connectivity index (χ1) is 11.6. The first-order valence-corrected chi connectivity index (χ1v) is 11.6. The maximum atomic E-state index is 12.8. The van der Waals surface area contributed by atoms with Crippen molar-refractivity contribution in [1.29, 1.82) is 0 Å². The van der Waals surface area contributed by atoms with Crippen LogP contribution >= 0.6 is 11.8 Å². The van der Waals surface area contributed by atoms with Gasteiger partial charge in [-0.1, -0.05) is 19.3 Å². The number of nitrogens with zero attached hydrogens (tertiary/aromatic N) is 1. The molecule has 3 rings (SSSR count). The van der Waals surface area contributed by atoms with Crippen molar-refractivity contribution in [3.8, 4) is 0 Å². The lowest BCUT2D eigenvalue weighted by molar-refractivity contribution is -0.133. The minimum Gasteiger partial charge on any atom is -0.468 e. The Balaban J connectivity index is 1.63. The molecule has 0 bridgehead atoms. The third-order valence-corrected chi connectivity index (χ3v) is 7.60. The quantitative estimate of drug-likeness (QED) is 0.769. The van der Waals surface area contributed by atoms with E-state index in [0.29, 0.717) is 17.9 Å². The molecule has 1 aliphatic carbocycles. The molecule has 0 radical (unpaired) electrons. The zero-order valence-corrected chi connectivity index (χ0v) is 15.5. The maximum absolute atomic E-state index is 12.8. The smallest absolute Gasteiger partial charge is 0.233 e. The summed E-state index contributed by atoms with van der Waals surface area (Å²) in [5.74, 6) is 2.35. The third kappa shape index (κ3) is 4.57. The van der Waals surface area contributed by atoms with Gasteiger partial charge < -0.3 is 9.32 Å². The first-order valence-electron chi connectivity index (χ1n) is 8.67. The predicted octanol–water partition coefficient (Wildman–Crippen LogP) is 2.86. The van der Waals surface area contributed by atoms with Crippen LogP contribution in [0.1, 0.15) is 44.3 Å². The number of furan rings is 1. The lowest BCUT2D eigenvalue weighted by Crippen LogP contribution is -2.49. The molecule has 2 fully saturated rings. The van der Waals surface area contributed by atoms with Gasteiger partial charge in [0.2, 0.25) is 5.91 Å². The van der Waals surface area contributed by atoms with E-state index < -0.39 is 9.84 Å². The van der Waals surface area contributed by atoms with Gasteiger partial charge in [-0.15, -0.1) is 11.8 Å². The van der Waals surface area contributed by atoms with Crippen LogP contribution in [0.25, 0.3) is 0 Å². The lowest BCUT2D eigenvalue weighted by Gasteiger charge is -2.38. The Morgan fingerprint density at radius 3 is 2.62 bits per heavy atom. The predicted molar refractivity (Wildman–Crippen MR) is 95.6 cm³/mol. The average Bonchev–Trinajstić information content (AvgIpc) is 3.18. The standard InChI is InChI=1S/C17H25NO4S2/c19-17(12-23-11-16-7-4-9-22-16)18(14-5-2-1-3-6-14)15-8-10-24(20,21)13-15/h4,7,9,14-15H,1-3,5-6,8,10-13H2. The van der Waals surface area contributed by atoms with Crippen LogP contribution in [0.2, 0.25) is 0 Å². The molecule has 0 N–H and O–H groups in total. The summed E-state index contributed by atoms with van der Waals surface area (Å²) < 4.78 is 29.0. The molecule has 1 aromatic rings. The van der Waals surface area contributed by atoms with Crippen molar-refractivity contribution in [2.24, 2.45) is 0 Å².